The van der Waals surface area contributed by atoms with Crippen LogP contribution >= 0.6 is 0 Å². The molecular weight excluding hydrogens is 212 g/mol. The molecule has 0 aromatic carbocycles. The quantitative estimate of drug-likeness (QED) is 0.554. The van der Waals surface area contributed by atoms with Gasteiger partial charge in [0.15, 0.2) is 0 Å². The van der Waals surface area contributed by atoms with Crippen LogP contribution in [0.5, 0.6) is 0 Å². The van der Waals surface area contributed by atoms with E-state index >= 15 is 0 Å². The van der Waals surface area contributed by atoms with Crippen molar-refractivity contribution in [1.82, 2.24) is 0 Å². The Balaban J connectivity index is 3.68. The van der Waals surface area contributed by atoms with Crippen LogP contribution in [-0.2, 0) is 9.47 Å². The first-order valence-corrected chi connectivity index (χ1v) is 12.3. The van der Waals surface area contributed by atoms with Crippen molar-refractivity contribution in [2.75, 3.05) is 12.5 Å². The second kappa shape index (κ2) is 4.97. The highest BCUT2D eigenvalue weighted by atomic mass is 28.3. The van der Waals surface area contributed by atoms with Crippen LogP contribution in [0.3, 0.4) is 0 Å². The Morgan fingerprint density at radius 3 is 1.36 bits per heavy atom. The topological polar surface area (TPSA) is 35.5 Å². The molecule has 0 bridgehead atoms. The third-order valence-corrected chi connectivity index (χ3v) is 3.27. The Kier molecular flexibility index (Phi) is 4.87. The summed E-state index contributed by atoms with van der Waals surface area (Å²) in [5, 5.41) is 0. The van der Waals surface area contributed by atoms with Crippen LogP contribution in [0.25, 0.3) is 0 Å². The number of hydrogen-bond donors (Lipinski definition) is 0. The standard InChI is InChI=1S/C9H22O3Si2/c1-13(2,3)7-11-9(10)12-8-14(4,5)6/h7-8H2,1-6H3. The number of rotatable bonds is 4. The average molecular weight is 234 g/mol. The summed E-state index contributed by atoms with van der Waals surface area (Å²) in [6.07, 6.45) is 0.574. The van der Waals surface area contributed by atoms with Crippen molar-refractivity contribution in [3.05, 3.63) is 0 Å². The van der Waals surface area contributed by atoms with E-state index in [1.165, 1.54) is 0 Å². The van der Waals surface area contributed by atoms with E-state index in [1.54, 1.807) is 0 Å². The van der Waals surface area contributed by atoms with Crippen molar-refractivity contribution in [3.63, 3.8) is 0 Å². The minimum absolute atomic E-state index is 0.505. The molecule has 84 valence electrons. The largest absolute Gasteiger partial charge is 0.507 e. The monoisotopic (exact) mass is 234 g/mol. The molecule has 0 radical (unpaired) electrons. The van der Waals surface area contributed by atoms with Gasteiger partial charge < -0.3 is 9.47 Å². The second-order valence-corrected chi connectivity index (χ2v) is 16.8. The van der Waals surface area contributed by atoms with E-state index in [9.17, 15) is 4.79 Å². The fourth-order valence-corrected chi connectivity index (χ4v) is 1.69. The SMILES string of the molecule is C[Si](C)(C)COC(=O)OC[Si](C)(C)C. The number of hydrogen-bond acceptors (Lipinski definition) is 3. The molecule has 0 aromatic heterocycles. The van der Waals surface area contributed by atoms with Crippen LogP contribution in [-0.4, -0.2) is 34.8 Å². The second-order valence-electron chi connectivity index (χ2n) is 5.95. The van der Waals surface area contributed by atoms with Crippen molar-refractivity contribution in [3.8, 4) is 0 Å². The van der Waals surface area contributed by atoms with Crippen LogP contribution < -0.4 is 0 Å². The zero-order valence-electron chi connectivity index (χ0n) is 10.1. The highest BCUT2D eigenvalue weighted by Gasteiger charge is 2.19. The summed E-state index contributed by atoms with van der Waals surface area (Å²) in [7, 11) is -2.61. The van der Waals surface area contributed by atoms with Gasteiger partial charge in [-0.15, -0.1) is 0 Å². The van der Waals surface area contributed by atoms with E-state index < -0.39 is 22.3 Å². The lowest BCUT2D eigenvalue weighted by Crippen LogP contribution is -2.33. The maximum atomic E-state index is 11.1. The molecule has 0 rings (SSSR count). The minimum Gasteiger partial charge on any atom is -0.438 e. The molecule has 0 unspecified atom stereocenters. The van der Waals surface area contributed by atoms with E-state index in [0.29, 0.717) is 12.5 Å². The van der Waals surface area contributed by atoms with Crippen molar-refractivity contribution in [2.45, 2.75) is 39.3 Å². The first kappa shape index (κ1) is 13.7. The molecule has 0 N–H and O–H groups in total. The summed E-state index contributed by atoms with van der Waals surface area (Å²) in [5.41, 5.74) is 0. The molecule has 14 heavy (non-hydrogen) atoms. The zero-order chi connectivity index (χ0) is 11.4. The van der Waals surface area contributed by atoms with Crippen LogP contribution in [0.1, 0.15) is 0 Å². The van der Waals surface area contributed by atoms with Crippen molar-refractivity contribution < 1.29 is 14.3 Å². The Labute approximate surface area is 88.8 Å². The maximum absolute atomic E-state index is 11.1. The molecule has 0 atom stereocenters. The molecule has 5 heteroatoms. The number of carbonyl (C=O) groups is 1. The summed E-state index contributed by atoms with van der Waals surface area (Å²) in [5.74, 6) is 0. The Morgan fingerprint density at radius 2 is 1.14 bits per heavy atom. The van der Waals surface area contributed by atoms with Crippen LogP contribution in [0, 0.1) is 0 Å². The summed E-state index contributed by atoms with van der Waals surface area (Å²) < 4.78 is 10.0. The van der Waals surface area contributed by atoms with E-state index in [-0.39, 0.29) is 0 Å². The molecule has 0 aromatic rings. The van der Waals surface area contributed by atoms with E-state index in [0.717, 1.165) is 0 Å². The van der Waals surface area contributed by atoms with E-state index in [2.05, 4.69) is 39.3 Å². The Morgan fingerprint density at radius 1 is 0.857 bits per heavy atom. The molecule has 3 nitrogen and oxygen atoms in total. The summed E-state index contributed by atoms with van der Waals surface area (Å²) >= 11 is 0. The van der Waals surface area contributed by atoms with Crippen LogP contribution in [0.15, 0.2) is 0 Å². The molecule has 0 saturated carbocycles. The third-order valence-electron chi connectivity index (χ3n) is 1.25. The smallest absolute Gasteiger partial charge is 0.438 e. The van der Waals surface area contributed by atoms with Gasteiger partial charge in [-0.2, -0.15) is 0 Å². The Hall–Kier alpha value is -0.296. The fraction of sp³-hybridized carbons (Fsp3) is 0.889. The van der Waals surface area contributed by atoms with Gasteiger partial charge >= 0.3 is 6.16 Å². The summed E-state index contributed by atoms with van der Waals surface area (Å²) in [6.45, 7) is 12.9. The average Bonchev–Trinajstić information content (AvgIpc) is 1.94. The molecule has 0 heterocycles. The number of carbonyl (C=O) groups excluding carboxylic acids is 1. The third kappa shape index (κ3) is 9.79. The normalized spacial score (nSPS) is 12.4. The molecular formula is C9H22O3Si2. The van der Waals surface area contributed by atoms with Gasteiger partial charge in [0.25, 0.3) is 0 Å². The van der Waals surface area contributed by atoms with Crippen molar-refractivity contribution in [2.24, 2.45) is 0 Å². The van der Waals surface area contributed by atoms with Crippen LogP contribution in [0.2, 0.25) is 39.3 Å². The lowest BCUT2D eigenvalue weighted by Gasteiger charge is -2.18. The van der Waals surface area contributed by atoms with Gasteiger partial charge in [0.2, 0.25) is 0 Å². The molecule has 0 spiro atoms. The first-order chi connectivity index (χ1) is 6.10. The van der Waals surface area contributed by atoms with Crippen LogP contribution in [0.4, 0.5) is 4.79 Å². The first-order valence-electron chi connectivity index (χ1n) is 4.90. The molecule has 0 aliphatic carbocycles. The van der Waals surface area contributed by atoms with Crippen molar-refractivity contribution in [1.29, 1.82) is 0 Å². The lowest BCUT2D eigenvalue weighted by atomic mass is 11.3. The molecule has 0 aliphatic heterocycles. The van der Waals surface area contributed by atoms with Gasteiger partial charge in [-0.1, -0.05) is 39.3 Å². The molecule has 0 aliphatic rings. The summed E-state index contributed by atoms with van der Waals surface area (Å²) in [6, 6.07) is 0. The molecule has 0 saturated heterocycles. The van der Waals surface area contributed by atoms with E-state index in [4.69, 9.17) is 9.47 Å². The minimum atomic E-state index is -1.31. The predicted molar refractivity (Wildman–Crippen MR) is 64.0 cm³/mol. The number of ether oxygens (including phenoxy) is 2. The Bertz CT molecular complexity index is 171. The fourth-order valence-electron chi connectivity index (χ4n) is 0.593. The predicted octanol–water partition coefficient (Wildman–Crippen LogP) is 2.89. The molecule has 0 fully saturated rings. The maximum Gasteiger partial charge on any atom is 0.507 e. The highest BCUT2D eigenvalue weighted by molar-refractivity contribution is 6.76. The zero-order valence-corrected chi connectivity index (χ0v) is 12.1. The highest BCUT2D eigenvalue weighted by Crippen LogP contribution is 2.04. The summed E-state index contributed by atoms with van der Waals surface area (Å²) in [4.78, 5) is 11.1. The van der Waals surface area contributed by atoms with Crippen molar-refractivity contribution >= 4 is 22.3 Å². The molecule has 0 amide bonds. The van der Waals surface area contributed by atoms with Gasteiger partial charge in [-0.25, -0.2) is 4.79 Å². The van der Waals surface area contributed by atoms with Gasteiger partial charge in [0, 0.05) is 0 Å². The van der Waals surface area contributed by atoms with Gasteiger partial charge in [0.1, 0.15) is 0 Å². The lowest BCUT2D eigenvalue weighted by molar-refractivity contribution is 0.0779. The van der Waals surface area contributed by atoms with Gasteiger partial charge in [0.05, 0.1) is 28.6 Å². The van der Waals surface area contributed by atoms with Gasteiger partial charge in [-0.05, 0) is 0 Å². The van der Waals surface area contributed by atoms with Gasteiger partial charge in [-0.3, -0.25) is 0 Å². The van der Waals surface area contributed by atoms with E-state index in [1.807, 2.05) is 0 Å².